The fourth-order valence-corrected chi connectivity index (χ4v) is 2.69. The van der Waals surface area contributed by atoms with Gasteiger partial charge < -0.3 is 0 Å². The third-order valence-electron chi connectivity index (χ3n) is 3.77. The second-order valence-electron chi connectivity index (χ2n) is 5.25. The van der Waals surface area contributed by atoms with Gasteiger partial charge in [0.1, 0.15) is 0 Å². The summed E-state index contributed by atoms with van der Waals surface area (Å²) in [6.07, 6.45) is 7.17. The summed E-state index contributed by atoms with van der Waals surface area (Å²) in [5, 5.41) is 0. The second kappa shape index (κ2) is 6.65. The normalized spacial score (nSPS) is 22.7. The predicted molar refractivity (Wildman–Crippen MR) is 71.4 cm³/mol. The molecule has 1 aromatic rings. The number of hydrogen-bond donors (Lipinski definition) is 0. The summed E-state index contributed by atoms with van der Waals surface area (Å²) in [6.45, 7) is 2.22. The number of halogens is 2. The molecule has 1 aliphatic rings. The van der Waals surface area contributed by atoms with Gasteiger partial charge in [-0.15, -0.1) is 0 Å². The van der Waals surface area contributed by atoms with Crippen molar-refractivity contribution >= 4 is 0 Å². The summed E-state index contributed by atoms with van der Waals surface area (Å²) in [5.74, 6) is 5.48. The lowest BCUT2D eigenvalue weighted by atomic mass is 9.80. The van der Waals surface area contributed by atoms with Crippen LogP contribution in [-0.2, 0) is 0 Å². The molecule has 0 unspecified atom stereocenters. The number of rotatable bonds is 2. The molecular formula is C16H19F2N. The van der Waals surface area contributed by atoms with Crippen LogP contribution in [0.1, 0.15) is 51.0 Å². The molecular weight excluding hydrogens is 244 g/mol. The Bertz CT molecular complexity index is 479. The van der Waals surface area contributed by atoms with Crippen LogP contribution >= 0.6 is 0 Å². The average Bonchev–Trinajstić information content (AvgIpc) is 2.40. The Balaban J connectivity index is 1.94. The molecule has 0 aromatic carbocycles. The van der Waals surface area contributed by atoms with E-state index < -0.39 is 11.9 Å². The van der Waals surface area contributed by atoms with Crippen LogP contribution in [0.25, 0.3) is 0 Å². The van der Waals surface area contributed by atoms with Crippen LogP contribution in [0.3, 0.4) is 0 Å². The van der Waals surface area contributed by atoms with Crippen LogP contribution in [0.5, 0.6) is 0 Å². The topological polar surface area (TPSA) is 12.9 Å². The van der Waals surface area contributed by atoms with Crippen LogP contribution in [0, 0.1) is 35.6 Å². The summed E-state index contributed by atoms with van der Waals surface area (Å²) in [6, 6.07) is 2.50. The maximum Gasteiger partial charge on any atom is 0.231 e. The third-order valence-corrected chi connectivity index (χ3v) is 3.77. The van der Waals surface area contributed by atoms with Crippen molar-refractivity contribution < 1.29 is 8.78 Å². The van der Waals surface area contributed by atoms with Crippen LogP contribution < -0.4 is 0 Å². The van der Waals surface area contributed by atoms with Gasteiger partial charge in [0.05, 0.1) is 5.56 Å². The smallest absolute Gasteiger partial charge is 0.189 e. The summed E-state index contributed by atoms with van der Waals surface area (Å²) < 4.78 is 26.0. The van der Waals surface area contributed by atoms with E-state index in [0.717, 1.165) is 24.8 Å². The van der Waals surface area contributed by atoms with Crippen molar-refractivity contribution in [2.45, 2.75) is 45.4 Å². The minimum atomic E-state index is -0.813. The fourth-order valence-electron chi connectivity index (χ4n) is 2.69. The molecule has 0 saturated heterocycles. The van der Waals surface area contributed by atoms with Crippen LogP contribution in [0.15, 0.2) is 12.1 Å². The monoisotopic (exact) mass is 263 g/mol. The summed E-state index contributed by atoms with van der Waals surface area (Å²) >= 11 is 0. The molecule has 0 N–H and O–H groups in total. The van der Waals surface area contributed by atoms with E-state index in [1.165, 1.54) is 31.7 Å². The lowest BCUT2D eigenvalue weighted by Crippen LogP contribution is -2.13. The van der Waals surface area contributed by atoms with Crippen molar-refractivity contribution in [3.63, 3.8) is 0 Å². The molecule has 19 heavy (non-hydrogen) atoms. The largest absolute Gasteiger partial charge is 0.231 e. The third kappa shape index (κ3) is 4.02. The number of pyridine rings is 1. The number of aromatic nitrogens is 1. The summed E-state index contributed by atoms with van der Waals surface area (Å²) in [7, 11) is 0. The number of hydrogen-bond acceptors (Lipinski definition) is 1. The molecule has 102 valence electrons. The van der Waals surface area contributed by atoms with Crippen molar-refractivity contribution in [2.75, 3.05) is 0 Å². The molecule has 1 aromatic heterocycles. The standard InChI is InChI=1S/C16H19F2N/c1-2-3-12-4-6-13(7-5-12)8-9-14-10-11-15(17)19-16(14)18/h10-13H,2-7H2,1H3/t12-,13-. The van der Waals surface area contributed by atoms with Gasteiger partial charge in [-0.05, 0) is 43.7 Å². The van der Waals surface area contributed by atoms with E-state index in [0.29, 0.717) is 5.92 Å². The van der Waals surface area contributed by atoms with Gasteiger partial charge in [-0.2, -0.15) is 13.8 Å². The molecule has 0 aliphatic heterocycles. The zero-order chi connectivity index (χ0) is 13.7. The molecule has 0 bridgehead atoms. The van der Waals surface area contributed by atoms with Gasteiger partial charge in [-0.3, -0.25) is 0 Å². The minimum absolute atomic E-state index is 0.192. The molecule has 1 nitrogen and oxygen atoms in total. The lowest BCUT2D eigenvalue weighted by molar-refractivity contribution is 0.300. The molecule has 0 atom stereocenters. The average molecular weight is 263 g/mol. The quantitative estimate of drug-likeness (QED) is 0.572. The molecule has 1 saturated carbocycles. The zero-order valence-electron chi connectivity index (χ0n) is 11.3. The first-order chi connectivity index (χ1) is 9.19. The van der Waals surface area contributed by atoms with Crippen LogP contribution in [0.4, 0.5) is 8.78 Å². The van der Waals surface area contributed by atoms with E-state index >= 15 is 0 Å². The van der Waals surface area contributed by atoms with Gasteiger partial charge >= 0.3 is 0 Å². The van der Waals surface area contributed by atoms with E-state index in [1.54, 1.807) is 0 Å². The highest BCUT2D eigenvalue weighted by Crippen LogP contribution is 2.31. The summed E-state index contributed by atoms with van der Waals surface area (Å²) in [4.78, 5) is 3.14. The molecule has 0 amide bonds. The van der Waals surface area contributed by atoms with Crippen LogP contribution in [-0.4, -0.2) is 4.98 Å². The molecule has 1 fully saturated rings. The highest BCUT2D eigenvalue weighted by Gasteiger charge is 2.18. The maximum absolute atomic E-state index is 13.3. The minimum Gasteiger partial charge on any atom is -0.189 e. The Kier molecular flexibility index (Phi) is 4.90. The highest BCUT2D eigenvalue weighted by atomic mass is 19.1. The van der Waals surface area contributed by atoms with E-state index in [9.17, 15) is 8.78 Å². The predicted octanol–water partition coefficient (Wildman–Crippen LogP) is 4.32. The van der Waals surface area contributed by atoms with Crippen molar-refractivity contribution in [3.8, 4) is 11.8 Å². The molecule has 3 heteroatoms. The van der Waals surface area contributed by atoms with Gasteiger partial charge in [0.2, 0.25) is 11.9 Å². The summed E-state index contributed by atoms with van der Waals surface area (Å²) in [5.41, 5.74) is 0.192. The van der Waals surface area contributed by atoms with Crippen molar-refractivity contribution in [2.24, 2.45) is 11.8 Å². The van der Waals surface area contributed by atoms with Crippen LogP contribution in [0.2, 0.25) is 0 Å². The second-order valence-corrected chi connectivity index (χ2v) is 5.25. The van der Waals surface area contributed by atoms with E-state index in [1.807, 2.05) is 0 Å². The Hall–Kier alpha value is -1.43. The molecule has 1 aliphatic carbocycles. The van der Waals surface area contributed by atoms with Gasteiger partial charge in [-0.1, -0.05) is 31.6 Å². The molecule has 0 radical (unpaired) electrons. The van der Waals surface area contributed by atoms with Gasteiger partial charge in [0.15, 0.2) is 0 Å². The first-order valence-electron chi connectivity index (χ1n) is 7.02. The highest BCUT2D eigenvalue weighted by molar-refractivity contribution is 5.33. The Morgan fingerprint density at radius 3 is 2.58 bits per heavy atom. The number of nitrogens with zero attached hydrogens (tertiary/aromatic N) is 1. The zero-order valence-corrected chi connectivity index (χ0v) is 11.3. The van der Waals surface area contributed by atoms with E-state index in [-0.39, 0.29) is 5.56 Å². The Morgan fingerprint density at radius 2 is 1.95 bits per heavy atom. The Labute approximate surface area is 113 Å². The van der Waals surface area contributed by atoms with E-state index in [4.69, 9.17) is 0 Å². The van der Waals surface area contributed by atoms with Crippen molar-refractivity contribution in [3.05, 3.63) is 29.6 Å². The molecule has 1 heterocycles. The first kappa shape index (κ1) is 14.0. The first-order valence-corrected chi connectivity index (χ1v) is 7.02. The molecule has 2 rings (SSSR count). The fraction of sp³-hybridized carbons (Fsp3) is 0.562. The van der Waals surface area contributed by atoms with Gasteiger partial charge in [0, 0.05) is 5.92 Å². The lowest BCUT2D eigenvalue weighted by Gasteiger charge is -2.25. The van der Waals surface area contributed by atoms with E-state index in [2.05, 4.69) is 23.7 Å². The SMILES string of the molecule is CCC[C@H]1CC[C@H](C#Cc2ccc(F)nc2F)CC1. The van der Waals surface area contributed by atoms with Crippen molar-refractivity contribution in [1.29, 1.82) is 0 Å². The maximum atomic E-state index is 13.3. The Morgan fingerprint density at radius 1 is 1.21 bits per heavy atom. The molecule has 0 spiro atoms. The van der Waals surface area contributed by atoms with Gasteiger partial charge in [-0.25, -0.2) is 0 Å². The van der Waals surface area contributed by atoms with Gasteiger partial charge in [0.25, 0.3) is 0 Å². The van der Waals surface area contributed by atoms with Crippen molar-refractivity contribution in [1.82, 2.24) is 4.98 Å².